The van der Waals surface area contributed by atoms with Gasteiger partial charge in [0.2, 0.25) is 0 Å². The number of benzene rings is 1. The monoisotopic (exact) mass is 211 g/mol. The minimum Gasteiger partial charge on any atom is -0.496 e. The van der Waals surface area contributed by atoms with E-state index in [2.05, 4.69) is 0 Å². The van der Waals surface area contributed by atoms with Crippen molar-refractivity contribution in [2.24, 2.45) is 5.73 Å². The number of hydrogen-bond acceptors (Lipinski definition) is 2. The van der Waals surface area contributed by atoms with E-state index < -0.39 is 5.54 Å². The Morgan fingerprint density at radius 2 is 2.00 bits per heavy atom. The molecule has 2 nitrogen and oxygen atoms in total. The zero-order valence-corrected chi connectivity index (χ0v) is 9.73. The maximum atomic E-state index is 13.5. The summed E-state index contributed by atoms with van der Waals surface area (Å²) < 4.78 is 18.6. The van der Waals surface area contributed by atoms with Crippen molar-refractivity contribution in [2.75, 3.05) is 7.11 Å². The summed E-state index contributed by atoms with van der Waals surface area (Å²) in [5, 5.41) is 0. The van der Waals surface area contributed by atoms with Crippen molar-refractivity contribution in [1.29, 1.82) is 0 Å². The lowest BCUT2D eigenvalue weighted by atomic mass is 9.92. The van der Waals surface area contributed by atoms with Crippen LogP contribution in [0.4, 0.5) is 4.39 Å². The van der Waals surface area contributed by atoms with Gasteiger partial charge in [-0.25, -0.2) is 4.39 Å². The number of ether oxygens (including phenoxy) is 1. The van der Waals surface area contributed by atoms with Crippen molar-refractivity contribution in [1.82, 2.24) is 0 Å². The highest BCUT2D eigenvalue weighted by molar-refractivity contribution is 5.42. The molecule has 3 heteroatoms. The summed E-state index contributed by atoms with van der Waals surface area (Å²) in [5.74, 6) is 0.277. The van der Waals surface area contributed by atoms with Gasteiger partial charge in [0.25, 0.3) is 0 Å². The molecule has 0 bridgehead atoms. The normalized spacial score (nSPS) is 11.6. The van der Waals surface area contributed by atoms with Crippen LogP contribution >= 0.6 is 0 Å². The zero-order valence-electron chi connectivity index (χ0n) is 9.73. The van der Waals surface area contributed by atoms with E-state index in [4.69, 9.17) is 10.5 Å². The molecule has 0 aliphatic carbocycles. The molecule has 0 aliphatic heterocycles. The highest BCUT2D eigenvalue weighted by atomic mass is 19.1. The van der Waals surface area contributed by atoms with E-state index in [9.17, 15) is 4.39 Å². The molecule has 15 heavy (non-hydrogen) atoms. The Kier molecular flexibility index (Phi) is 3.35. The van der Waals surface area contributed by atoms with Gasteiger partial charge in [-0.05, 0) is 31.9 Å². The summed E-state index contributed by atoms with van der Waals surface area (Å²) in [6.45, 7) is 5.67. The Labute approximate surface area is 90.2 Å². The smallest absolute Gasteiger partial charge is 0.130 e. The summed E-state index contributed by atoms with van der Waals surface area (Å²) >= 11 is 0. The van der Waals surface area contributed by atoms with E-state index in [1.165, 1.54) is 13.2 Å². The number of methoxy groups -OCH3 is 1. The van der Waals surface area contributed by atoms with Gasteiger partial charge in [0.1, 0.15) is 11.6 Å². The second-order valence-corrected chi connectivity index (χ2v) is 4.22. The lowest BCUT2D eigenvalue weighted by Gasteiger charge is -2.23. The van der Waals surface area contributed by atoms with Crippen molar-refractivity contribution in [3.05, 3.63) is 29.1 Å². The minimum atomic E-state index is -0.525. The van der Waals surface area contributed by atoms with Crippen LogP contribution in [-0.2, 0) is 12.0 Å². The van der Waals surface area contributed by atoms with Crippen molar-refractivity contribution < 1.29 is 9.13 Å². The first kappa shape index (κ1) is 12.0. The number of hydrogen-bond donors (Lipinski definition) is 1. The predicted octanol–water partition coefficient (Wildman–Crippen LogP) is 2.59. The Morgan fingerprint density at radius 3 is 2.40 bits per heavy atom. The lowest BCUT2D eigenvalue weighted by molar-refractivity contribution is 0.390. The summed E-state index contributed by atoms with van der Waals surface area (Å²) in [7, 11) is 1.52. The van der Waals surface area contributed by atoms with Crippen molar-refractivity contribution in [3.63, 3.8) is 0 Å². The SMILES string of the molecule is CCc1cc(C(C)(C)N)c(OC)cc1F. The molecule has 1 aromatic carbocycles. The van der Waals surface area contributed by atoms with Gasteiger partial charge < -0.3 is 10.5 Å². The third-order valence-corrected chi connectivity index (χ3v) is 2.44. The predicted molar refractivity (Wildman–Crippen MR) is 59.5 cm³/mol. The molecule has 0 spiro atoms. The lowest BCUT2D eigenvalue weighted by Crippen LogP contribution is -2.29. The van der Waals surface area contributed by atoms with E-state index in [0.717, 1.165) is 5.56 Å². The van der Waals surface area contributed by atoms with E-state index >= 15 is 0 Å². The average molecular weight is 211 g/mol. The second-order valence-electron chi connectivity index (χ2n) is 4.22. The molecule has 0 aliphatic rings. The summed E-state index contributed by atoms with van der Waals surface area (Å²) in [4.78, 5) is 0. The Hall–Kier alpha value is -1.09. The molecule has 0 fully saturated rings. The molecular formula is C12H18FNO. The van der Waals surface area contributed by atoms with Crippen LogP contribution < -0.4 is 10.5 Å². The van der Waals surface area contributed by atoms with Crippen LogP contribution in [0.15, 0.2) is 12.1 Å². The quantitative estimate of drug-likeness (QED) is 0.834. The third-order valence-electron chi connectivity index (χ3n) is 2.44. The molecule has 1 rings (SSSR count). The van der Waals surface area contributed by atoms with Gasteiger partial charge in [-0.2, -0.15) is 0 Å². The van der Waals surface area contributed by atoms with Gasteiger partial charge in [-0.3, -0.25) is 0 Å². The summed E-state index contributed by atoms with van der Waals surface area (Å²) in [5.41, 5.74) is 6.99. The number of nitrogens with two attached hydrogens (primary N) is 1. The highest BCUT2D eigenvalue weighted by Crippen LogP contribution is 2.30. The van der Waals surface area contributed by atoms with Crippen LogP contribution in [0.1, 0.15) is 31.9 Å². The van der Waals surface area contributed by atoms with Gasteiger partial charge >= 0.3 is 0 Å². The average Bonchev–Trinajstić information content (AvgIpc) is 2.15. The van der Waals surface area contributed by atoms with Crippen molar-refractivity contribution >= 4 is 0 Å². The first-order valence-electron chi connectivity index (χ1n) is 5.06. The van der Waals surface area contributed by atoms with E-state index in [1.807, 2.05) is 20.8 Å². The Morgan fingerprint density at radius 1 is 1.40 bits per heavy atom. The number of aryl methyl sites for hydroxylation is 1. The van der Waals surface area contributed by atoms with Crippen LogP contribution in [0.25, 0.3) is 0 Å². The molecule has 0 amide bonds. The molecule has 0 unspecified atom stereocenters. The van der Waals surface area contributed by atoms with E-state index in [0.29, 0.717) is 17.7 Å². The van der Waals surface area contributed by atoms with Gasteiger partial charge in [-0.1, -0.05) is 6.92 Å². The Balaban J connectivity index is 3.36. The summed E-state index contributed by atoms with van der Waals surface area (Å²) in [6.07, 6.45) is 0.652. The molecule has 0 aromatic heterocycles. The van der Waals surface area contributed by atoms with Gasteiger partial charge in [-0.15, -0.1) is 0 Å². The fourth-order valence-electron chi connectivity index (χ4n) is 1.54. The Bertz CT molecular complexity index is 355. The molecule has 0 saturated heterocycles. The van der Waals surface area contributed by atoms with Crippen LogP contribution in [0, 0.1) is 5.82 Å². The minimum absolute atomic E-state index is 0.234. The molecule has 84 valence electrons. The standard InChI is InChI=1S/C12H18FNO/c1-5-8-6-9(12(2,3)14)11(15-4)7-10(8)13/h6-7H,5,14H2,1-4H3. The molecule has 1 aromatic rings. The van der Waals surface area contributed by atoms with Crippen LogP contribution in [0.3, 0.4) is 0 Å². The fraction of sp³-hybridized carbons (Fsp3) is 0.500. The molecule has 0 heterocycles. The summed E-state index contributed by atoms with van der Waals surface area (Å²) in [6, 6.07) is 3.19. The van der Waals surface area contributed by atoms with E-state index in [-0.39, 0.29) is 5.82 Å². The maximum Gasteiger partial charge on any atom is 0.130 e. The highest BCUT2D eigenvalue weighted by Gasteiger charge is 2.21. The molecule has 0 atom stereocenters. The third kappa shape index (κ3) is 2.48. The van der Waals surface area contributed by atoms with E-state index in [1.54, 1.807) is 6.07 Å². The molecule has 2 N–H and O–H groups in total. The largest absolute Gasteiger partial charge is 0.496 e. The first-order chi connectivity index (χ1) is 6.90. The van der Waals surface area contributed by atoms with Gasteiger partial charge in [0, 0.05) is 17.2 Å². The van der Waals surface area contributed by atoms with Crippen LogP contribution in [0.5, 0.6) is 5.75 Å². The van der Waals surface area contributed by atoms with Crippen LogP contribution in [-0.4, -0.2) is 7.11 Å². The number of rotatable bonds is 3. The first-order valence-corrected chi connectivity index (χ1v) is 5.06. The second kappa shape index (κ2) is 4.19. The zero-order chi connectivity index (χ0) is 11.6. The van der Waals surface area contributed by atoms with Crippen molar-refractivity contribution in [2.45, 2.75) is 32.7 Å². The maximum absolute atomic E-state index is 13.5. The fourth-order valence-corrected chi connectivity index (χ4v) is 1.54. The number of halogens is 1. The molecule has 0 saturated carbocycles. The van der Waals surface area contributed by atoms with Gasteiger partial charge in [0.15, 0.2) is 0 Å². The topological polar surface area (TPSA) is 35.2 Å². The van der Waals surface area contributed by atoms with Gasteiger partial charge in [0.05, 0.1) is 7.11 Å². The molecular weight excluding hydrogens is 193 g/mol. The van der Waals surface area contributed by atoms with Crippen LogP contribution in [0.2, 0.25) is 0 Å². The molecule has 0 radical (unpaired) electrons. The van der Waals surface area contributed by atoms with Crippen molar-refractivity contribution in [3.8, 4) is 5.75 Å².